The Morgan fingerprint density at radius 1 is 1.00 bits per heavy atom. The quantitative estimate of drug-likeness (QED) is 0.775. The smallest absolute Gasteiger partial charge is 0.272 e. The van der Waals surface area contributed by atoms with Crippen molar-refractivity contribution in [3.8, 4) is 0 Å². The molecule has 0 spiro atoms. The largest absolute Gasteiger partial charge is 0.341 e. The lowest BCUT2D eigenvalue weighted by Crippen LogP contribution is -2.32. The molecule has 0 unspecified atom stereocenters. The van der Waals surface area contributed by atoms with Gasteiger partial charge in [0.1, 0.15) is 5.69 Å². The van der Waals surface area contributed by atoms with E-state index in [1.54, 1.807) is 41.4 Å². The highest BCUT2D eigenvalue weighted by molar-refractivity contribution is 5.98. The van der Waals surface area contributed by atoms with Crippen LogP contribution in [0.5, 0.6) is 0 Å². The number of hydrogen-bond acceptors (Lipinski definition) is 4. The number of hydrogen-bond donors (Lipinski definition) is 0. The topological polar surface area (TPSA) is 66.4 Å². The molecule has 2 amide bonds. The van der Waals surface area contributed by atoms with E-state index in [9.17, 15) is 9.59 Å². The minimum Gasteiger partial charge on any atom is -0.341 e. The van der Waals surface area contributed by atoms with Gasteiger partial charge in [-0.25, -0.2) is 0 Å². The van der Waals surface area contributed by atoms with Crippen molar-refractivity contribution in [2.24, 2.45) is 0 Å². The van der Waals surface area contributed by atoms with E-state index in [0.717, 1.165) is 12.0 Å². The number of carbonyl (C=O) groups excluding carboxylic acids is 2. The second-order valence-electron chi connectivity index (χ2n) is 5.74. The first-order chi connectivity index (χ1) is 12.1. The van der Waals surface area contributed by atoms with Gasteiger partial charge in [-0.15, -0.1) is 0 Å². The van der Waals surface area contributed by atoms with Gasteiger partial charge in [-0.1, -0.05) is 0 Å². The van der Waals surface area contributed by atoms with Crippen LogP contribution in [0.2, 0.25) is 0 Å². The third-order valence-corrected chi connectivity index (χ3v) is 4.11. The summed E-state index contributed by atoms with van der Waals surface area (Å²) in [7, 11) is 1.76. The van der Waals surface area contributed by atoms with Crippen LogP contribution in [0.15, 0.2) is 42.9 Å². The van der Waals surface area contributed by atoms with Gasteiger partial charge in [0.2, 0.25) is 0 Å². The van der Waals surface area contributed by atoms with E-state index in [1.807, 2.05) is 26.0 Å². The van der Waals surface area contributed by atoms with Gasteiger partial charge in [0.15, 0.2) is 0 Å². The van der Waals surface area contributed by atoms with Crippen LogP contribution < -0.4 is 0 Å². The summed E-state index contributed by atoms with van der Waals surface area (Å²) in [6, 6.07) is 7.09. The molecule has 6 nitrogen and oxygen atoms in total. The zero-order valence-electron chi connectivity index (χ0n) is 15.0. The van der Waals surface area contributed by atoms with Crippen molar-refractivity contribution in [1.82, 2.24) is 19.8 Å². The number of amides is 2. The first-order valence-corrected chi connectivity index (χ1v) is 8.46. The molecule has 0 aliphatic carbocycles. The fourth-order valence-electron chi connectivity index (χ4n) is 2.52. The minimum absolute atomic E-state index is 0.120. The Morgan fingerprint density at radius 3 is 2.32 bits per heavy atom. The maximum atomic E-state index is 12.6. The summed E-state index contributed by atoms with van der Waals surface area (Å²) in [6.07, 6.45) is 5.75. The van der Waals surface area contributed by atoms with E-state index in [4.69, 9.17) is 0 Å². The maximum Gasteiger partial charge on any atom is 0.272 e. The average Bonchev–Trinajstić information content (AvgIpc) is 2.67. The molecule has 6 heteroatoms. The van der Waals surface area contributed by atoms with Crippen molar-refractivity contribution in [3.63, 3.8) is 0 Å². The average molecular weight is 340 g/mol. The Bertz CT molecular complexity index is 714. The molecule has 2 aromatic heterocycles. The Labute approximate surface area is 148 Å². The van der Waals surface area contributed by atoms with E-state index in [-0.39, 0.29) is 11.8 Å². The summed E-state index contributed by atoms with van der Waals surface area (Å²) < 4.78 is 0. The van der Waals surface area contributed by atoms with Gasteiger partial charge in [-0.3, -0.25) is 19.6 Å². The molecule has 0 atom stereocenters. The first kappa shape index (κ1) is 18.6. The lowest BCUT2D eigenvalue weighted by molar-refractivity contribution is 0.0767. The molecule has 25 heavy (non-hydrogen) atoms. The van der Waals surface area contributed by atoms with Crippen molar-refractivity contribution in [2.45, 2.75) is 20.3 Å². The van der Waals surface area contributed by atoms with Gasteiger partial charge in [-0.05, 0) is 50.1 Å². The standard InChI is InChI=1S/C19H24N4O2/c1-4-23(5-2)19(25)17-14-16(8-12-21-17)18(24)22(3)13-9-15-6-10-20-11-7-15/h6-8,10-12,14H,4-5,9,13H2,1-3H3. The van der Waals surface area contributed by atoms with Crippen LogP contribution in [0.1, 0.15) is 40.3 Å². The van der Waals surface area contributed by atoms with Gasteiger partial charge >= 0.3 is 0 Å². The highest BCUT2D eigenvalue weighted by atomic mass is 16.2. The van der Waals surface area contributed by atoms with E-state index in [1.165, 1.54) is 6.20 Å². The van der Waals surface area contributed by atoms with Crippen molar-refractivity contribution in [3.05, 3.63) is 59.7 Å². The molecule has 0 saturated heterocycles. The normalized spacial score (nSPS) is 10.4. The second-order valence-corrected chi connectivity index (χ2v) is 5.74. The Hall–Kier alpha value is -2.76. The van der Waals surface area contributed by atoms with Gasteiger partial charge in [-0.2, -0.15) is 0 Å². The van der Waals surface area contributed by atoms with Crippen molar-refractivity contribution in [1.29, 1.82) is 0 Å². The molecule has 0 aliphatic rings. The summed E-state index contributed by atoms with van der Waals surface area (Å²) in [6.45, 7) is 5.65. The van der Waals surface area contributed by atoms with Gasteiger partial charge in [0.25, 0.3) is 11.8 Å². The highest BCUT2D eigenvalue weighted by Gasteiger charge is 2.17. The number of likely N-dealkylation sites (N-methyl/N-ethyl adjacent to an activating group) is 1. The highest BCUT2D eigenvalue weighted by Crippen LogP contribution is 2.09. The van der Waals surface area contributed by atoms with E-state index < -0.39 is 0 Å². The zero-order chi connectivity index (χ0) is 18.2. The van der Waals surface area contributed by atoms with Crippen LogP contribution in [-0.2, 0) is 6.42 Å². The number of pyridine rings is 2. The first-order valence-electron chi connectivity index (χ1n) is 8.46. The molecule has 2 heterocycles. The molecule has 2 aromatic rings. The summed E-state index contributed by atoms with van der Waals surface area (Å²) >= 11 is 0. The van der Waals surface area contributed by atoms with Crippen LogP contribution in [0, 0.1) is 0 Å². The Morgan fingerprint density at radius 2 is 1.68 bits per heavy atom. The third-order valence-electron chi connectivity index (χ3n) is 4.11. The van der Waals surface area contributed by atoms with Crippen molar-refractivity contribution >= 4 is 11.8 Å². The second kappa shape index (κ2) is 8.92. The van der Waals surface area contributed by atoms with Crippen LogP contribution in [0.3, 0.4) is 0 Å². The predicted octanol–water partition coefficient (Wildman–Crippen LogP) is 2.27. The molecule has 132 valence electrons. The van der Waals surface area contributed by atoms with Gasteiger partial charge in [0, 0.05) is 50.8 Å². The fraction of sp³-hybridized carbons (Fsp3) is 0.368. The van der Waals surface area contributed by atoms with Crippen LogP contribution in [0.4, 0.5) is 0 Å². The molecular weight excluding hydrogens is 316 g/mol. The monoisotopic (exact) mass is 340 g/mol. The lowest BCUT2D eigenvalue weighted by Gasteiger charge is -2.19. The van der Waals surface area contributed by atoms with Gasteiger partial charge < -0.3 is 9.80 Å². The zero-order valence-corrected chi connectivity index (χ0v) is 15.0. The van der Waals surface area contributed by atoms with Crippen molar-refractivity contribution in [2.75, 3.05) is 26.7 Å². The molecule has 2 rings (SSSR count). The van der Waals surface area contributed by atoms with Crippen molar-refractivity contribution < 1.29 is 9.59 Å². The van der Waals surface area contributed by atoms with E-state index in [2.05, 4.69) is 9.97 Å². The summed E-state index contributed by atoms with van der Waals surface area (Å²) in [5.74, 6) is -0.274. The number of aromatic nitrogens is 2. The summed E-state index contributed by atoms with van der Waals surface area (Å²) in [5, 5.41) is 0. The molecule has 0 fully saturated rings. The van der Waals surface area contributed by atoms with Gasteiger partial charge in [0.05, 0.1) is 0 Å². The SMILES string of the molecule is CCN(CC)C(=O)c1cc(C(=O)N(C)CCc2ccncc2)ccn1. The molecule has 0 saturated carbocycles. The molecular formula is C19H24N4O2. The number of rotatable bonds is 7. The summed E-state index contributed by atoms with van der Waals surface area (Å²) in [5.41, 5.74) is 1.90. The molecule has 0 aliphatic heterocycles. The Balaban J connectivity index is 2.06. The molecule has 0 radical (unpaired) electrons. The molecule has 0 N–H and O–H groups in total. The maximum absolute atomic E-state index is 12.6. The third kappa shape index (κ3) is 4.86. The van der Waals surface area contributed by atoms with Crippen LogP contribution in [0.25, 0.3) is 0 Å². The lowest BCUT2D eigenvalue weighted by atomic mass is 10.1. The minimum atomic E-state index is -0.154. The predicted molar refractivity (Wildman–Crippen MR) is 96.4 cm³/mol. The number of nitrogens with zero attached hydrogens (tertiary/aromatic N) is 4. The van der Waals surface area contributed by atoms with E-state index >= 15 is 0 Å². The van der Waals surface area contributed by atoms with Crippen LogP contribution >= 0.6 is 0 Å². The molecule has 0 aromatic carbocycles. The fourth-order valence-corrected chi connectivity index (χ4v) is 2.52. The number of carbonyl (C=O) groups is 2. The van der Waals surface area contributed by atoms with E-state index in [0.29, 0.717) is 30.9 Å². The molecule has 0 bridgehead atoms. The van der Waals surface area contributed by atoms with Crippen LogP contribution in [-0.4, -0.2) is 58.3 Å². The summed E-state index contributed by atoms with van der Waals surface area (Å²) in [4.78, 5) is 36.5. The Kier molecular flexibility index (Phi) is 6.62.